The maximum atomic E-state index is 12.3. The van der Waals surface area contributed by atoms with E-state index in [1.807, 2.05) is 6.92 Å². The Hall–Kier alpha value is -1.47. The standard InChI is InChI=1S/C11H16N4O2S/c1-7-5-8(14(2)13-7)11(16)15-3-4-17-9(6-15)10(12)18/h5,9H,3-4,6H2,1-2H3,(H2,12,18). The minimum atomic E-state index is -0.355. The van der Waals surface area contributed by atoms with E-state index in [-0.39, 0.29) is 17.0 Å². The third-order valence-corrected chi connectivity index (χ3v) is 3.15. The number of hydrogen-bond donors (Lipinski definition) is 1. The highest BCUT2D eigenvalue weighted by Crippen LogP contribution is 2.11. The second kappa shape index (κ2) is 5.03. The average Bonchev–Trinajstić information content (AvgIpc) is 2.67. The van der Waals surface area contributed by atoms with Crippen LogP contribution in [0, 0.1) is 6.92 Å². The Labute approximate surface area is 111 Å². The fourth-order valence-electron chi connectivity index (χ4n) is 1.98. The van der Waals surface area contributed by atoms with Gasteiger partial charge in [-0.2, -0.15) is 5.10 Å². The number of amides is 1. The van der Waals surface area contributed by atoms with Crippen LogP contribution in [0.2, 0.25) is 0 Å². The molecule has 2 heterocycles. The van der Waals surface area contributed by atoms with Crippen LogP contribution in [0.4, 0.5) is 0 Å². The molecule has 0 aliphatic carbocycles. The van der Waals surface area contributed by atoms with Gasteiger partial charge in [-0.05, 0) is 13.0 Å². The summed E-state index contributed by atoms with van der Waals surface area (Å²) in [7, 11) is 1.76. The first-order valence-corrected chi connectivity index (χ1v) is 6.10. The summed E-state index contributed by atoms with van der Waals surface area (Å²) in [5.41, 5.74) is 6.94. The number of ether oxygens (including phenoxy) is 1. The molecule has 1 aromatic heterocycles. The molecule has 1 amide bonds. The van der Waals surface area contributed by atoms with Gasteiger partial charge in [0.05, 0.1) is 18.8 Å². The number of nitrogens with zero attached hydrogens (tertiary/aromatic N) is 3. The number of rotatable bonds is 2. The number of aryl methyl sites for hydroxylation is 2. The summed E-state index contributed by atoms with van der Waals surface area (Å²) in [4.78, 5) is 14.3. The zero-order valence-corrected chi connectivity index (χ0v) is 11.2. The van der Waals surface area contributed by atoms with Crippen LogP contribution in [-0.2, 0) is 11.8 Å². The zero-order valence-electron chi connectivity index (χ0n) is 10.4. The third kappa shape index (κ3) is 2.51. The van der Waals surface area contributed by atoms with Crippen LogP contribution < -0.4 is 5.73 Å². The van der Waals surface area contributed by atoms with Crippen molar-refractivity contribution in [2.45, 2.75) is 13.0 Å². The van der Waals surface area contributed by atoms with E-state index in [4.69, 9.17) is 22.7 Å². The Kier molecular flexibility index (Phi) is 3.63. The number of thiocarbonyl (C=S) groups is 1. The lowest BCUT2D eigenvalue weighted by Crippen LogP contribution is -2.50. The molecule has 1 aromatic rings. The van der Waals surface area contributed by atoms with Gasteiger partial charge in [0.15, 0.2) is 0 Å². The van der Waals surface area contributed by atoms with E-state index >= 15 is 0 Å². The number of hydrogen-bond acceptors (Lipinski definition) is 4. The van der Waals surface area contributed by atoms with Crippen LogP contribution in [0.3, 0.4) is 0 Å². The van der Waals surface area contributed by atoms with Gasteiger partial charge in [-0.1, -0.05) is 12.2 Å². The van der Waals surface area contributed by atoms with Crippen molar-refractivity contribution in [3.63, 3.8) is 0 Å². The van der Waals surface area contributed by atoms with E-state index in [0.717, 1.165) is 5.69 Å². The van der Waals surface area contributed by atoms with E-state index < -0.39 is 0 Å². The van der Waals surface area contributed by atoms with Crippen molar-refractivity contribution in [2.24, 2.45) is 12.8 Å². The first-order chi connectivity index (χ1) is 8.49. The summed E-state index contributed by atoms with van der Waals surface area (Å²) in [6.07, 6.45) is -0.355. The van der Waals surface area contributed by atoms with Crippen LogP contribution in [-0.4, -0.2) is 51.4 Å². The number of morpholine rings is 1. The molecule has 0 radical (unpaired) electrons. The topological polar surface area (TPSA) is 73.4 Å². The van der Waals surface area contributed by atoms with Crippen molar-refractivity contribution in [3.05, 3.63) is 17.5 Å². The smallest absolute Gasteiger partial charge is 0.272 e. The van der Waals surface area contributed by atoms with Crippen molar-refractivity contribution in [3.8, 4) is 0 Å². The number of carbonyl (C=O) groups is 1. The summed E-state index contributed by atoms with van der Waals surface area (Å²) in [6.45, 7) is 3.25. The van der Waals surface area contributed by atoms with Crippen LogP contribution in [0.25, 0.3) is 0 Å². The molecule has 0 aromatic carbocycles. The molecule has 18 heavy (non-hydrogen) atoms. The Balaban J connectivity index is 2.14. The Morgan fingerprint density at radius 2 is 2.39 bits per heavy atom. The molecule has 1 aliphatic heterocycles. The van der Waals surface area contributed by atoms with E-state index in [2.05, 4.69) is 5.10 Å². The number of nitrogens with two attached hydrogens (primary N) is 1. The number of carbonyl (C=O) groups excluding carboxylic acids is 1. The molecule has 1 saturated heterocycles. The molecular formula is C11H16N4O2S. The normalized spacial score (nSPS) is 19.9. The van der Waals surface area contributed by atoms with Gasteiger partial charge in [-0.15, -0.1) is 0 Å². The van der Waals surface area contributed by atoms with Crippen LogP contribution in [0.5, 0.6) is 0 Å². The van der Waals surface area contributed by atoms with Gasteiger partial charge in [0.2, 0.25) is 0 Å². The largest absolute Gasteiger partial charge is 0.391 e. The van der Waals surface area contributed by atoms with Crippen molar-refractivity contribution in [2.75, 3.05) is 19.7 Å². The molecule has 0 saturated carbocycles. The zero-order chi connectivity index (χ0) is 13.3. The summed E-state index contributed by atoms with van der Waals surface area (Å²) in [5.74, 6) is -0.0670. The second-order valence-electron chi connectivity index (χ2n) is 4.31. The average molecular weight is 268 g/mol. The van der Waals surface area contributed by atoms with Gasteiger partial charge in [0.1, 0.15) is 16.8 Å². The molecule has 2 N–H and O–H groups in total. The van der Waals surface area contributed by atoms with E-state index in [1.54, 1.807) is 22.7 Å². The van der Waals surface area contributed by atoms with Gasteiger partial charge < -0.3 is 15.4 Å². The first-order valence-electron chi connectivity index (χ1n) is 5.70. The Morgan fingerprint density at radius 1 is 1.67 bits per heavy atom. The summed E-state index contributed by atoms with van der Waals surface area (Å²) in [5, 5.41) is 4.17. The lowest BCUT2D eigenvalue weighted by atomic mass is 10.2. The monoisotopic (exact) mass is 268 g/mol. The molecule has 1 aliphatic rings. The maximum absolute atomic E-state index is 12.3. The lowest BCUT2D eigenvalue weighted by molar-refractivity contribution is 0.00826. The lowest BCUT2D eigenvalue weighted by Gasteiger charge is -2.32. The van der Waals surface area contributed by atoms with Crippen LogP contribution in [0.15, 0.2) is 6.07 Å². The second-order valence-corrected chi connectivity index (χ2v) is 4.78. The third-order valence-electron chi connectivity index (χ3n) is 2.89. The summed E-state index contributed by atoms with van der Waals surface area (Å²) >= 11 is 4.90. The van der Waals surface area contributed by atoms with E-state index in [9.17, 15) is 4.79 Å². The molecule has 0 bridgehead atoms. The first kappa shape index (κ1) is 13.0. The minimum Gasteiger partial charge on any atom is -0.391 e. The van der Waals surface area contributed by atoms with E-state index in [1.165, 1.54) is 0 Å². The molecule has 7 heteroatoms. The van der Waals surface area contributed by atoms with Gasteiger partial charge in [0, 0.05) is 13.6 Å². The molecule has 6 nitrogen and oxygen atoms in total. The van der Waals surface area contributed by atoms with Crippen molar-refractivity contribution >= 4 is 23.1 Å². The molecule has 98 valence electrons. The Bertz CT molecular complexity index is 485. The predicted molar refractivity (Wildman–Crippen MR) is 70.4 cm³/mol. The molecule has 1 fully saturated rings. The van der Waals surface area contributed by atoms with Gasteiger partial charge >= 0.3 is 0 Å². The van der Waals surface area contributed by atoms with Gasteiger partial charge in [0.25, 0.3) is 5.91 Å². The van der Waals surface area contributed by atoms with Crippen LogP contribution >= 0.6 is 12.2 Å². The maximum Gasteiger partial charge on any atom is 0.272 e. The van der Waals surface area contributed by atoms with Crippen molar-refractivity contribution < 1.29 is 9.53 Å². The molecule has 1 atom stereocenters. The fraction of sp³-hybridized carbons (Fsp3) is 0.545. The predicted octanol–water partition coefficient (Wildman–Crippen LogP) is -0.144. The Morgan fingerprint density at radius 3 is 2.94 bits per heavy atom. The van der Waals surface area contributed by atoms with E-state index in [0.29, 0.717) is 25.4 Å². The molecule has 1 unspecified atom stereocenters. The van der Waals surface area contributed by atoms with Crippen molar-refractivity contribution in [1.29, 1.82) is 0 Å². The molecule has 0 spiro atoms. The van der Waals surface area contributed by atoms with Gasteiger partial charge in [-0.3, -0.25) is 9.48 Å². The van der Waals surface area contributed by atoms with Gasteiger partial charge in [-0.25, -0.2) is 0 Å². The highest BCUT2D eigenvalue weighted by atomic mass is 32.1. The minimum absolute atomic E-state index is 0.0670. The quantitative estimate of drug-likeness (QED) is 0.756. The molecular weight excluding hydrogens is 252 g/mol. The highest BCUT2D eigenvalue weighted by molar-refractivity contribution is 7.80. The summed E-state index contributed by atoms with van der Waals surface area (Å²) < 4.78 is 6.99. The molecule has 2 rings (SSSR count). The number of aromatic nitrogens is 2. The SMILES string of the molecule is Cc1cc(C(=O)N2CCOC(C(N)=S)C2)n(C)n1. The highest BCUT2D eigenvalue weighted by Gasteiger charge is 2.28. The van der Waals surface area contributed by atoms with Crippen LogP contribution in [0.1, 0.15) is 16.2 Å². The van der Waals surface area contributed by atoms with Crippen molar-refractivity contribution in [1.82, 2.24) is 14.7 Å². The fourth-order valence-corrected chi connectivity index (χ4v) is 2.12. The summed E-state index contributed by atoms with van der Waals surface area (Å²) in [6, 6.07) is 1.77.